The van der Waals surface area contributed by atoms with Gasteiger partial charge in [-0.05, 0) is 48.7 Å². The second-order valence-corrected chi connectivity index (χ2v) is 7.96. The van der Waals surface area contributed by atoms with E-state index in [0.717, 1.165) is 16.7 Å². The molecule has 3 rings (SSSR count). The van der Waals surface area contributed by atoms with Gasteiger partial charge in [-0.3, -0.25) is 14.6 Å². The van der Waals surface area contributed by atoms with E-state index >= 15 is 0 Å². The number of nitrogens with one attached hydrogen (secondary N) is 2. The van der Waals surface area contributed by atoms with Gasteiger partial charge in [0.15, 0.2) is 0 Å². The molecule has 1 unspecified atom stereocenters. The molecule has 3 aromatic rings. The number of benzene rings is 2. The quantitative estimate of drug-likeness (QED) is 0.489. The molecule has 0 saturated carbocycles. The molecule has 0 spiro atoms. The number of nitrogens with zero attached hydrogens (tertiary/aromatic N) is 1. The van der Waals surface area contributed by atoms with Crippen molar-refractivity contribution in [3.63, 3.8) is 0 Å². The normalized spacial score (nSPS) is 11.9. The first-order valence-electron chi connectivity index (χ1n) is 10.3. The largest absolute Gasteiger partial charge is 0.491 e. The van der Waals surface area contributed by atoms with E-state index in [1.54, 1.807) is 30.5 Å². The number of amides is 2. The highest BCUT2D eigenvalue weighted by molar-refractivity contribution is 6.30. The summed E-state index contributed by atoms with van der Waals surface area (Å²) in [6.07, 6.45) is 2.37. The van der Waals surface area contributed by atoms with Crippen molar-refractivity contribution in [1.29, 1.82) is 0 Å². The van der Waals surface area contributed by atoms with Crippen LogP contribution in [0.2, 0.25) is 5.02 Å². The predicted octanol–water partition coefficient (Wildman–Crippen LogP) is 4.23. The molecule has 2 N–H and O–H groups in total. The van der Waals surface area contributed by atoms with E-state index in [1.165, 1.54) is 0 Å². The topological polar surface area (TPSA) is 80.3 Å². The van der Waals surface area contributed by atoms with Gasteiger partial charge in [-0.15, -0.1) is 0 Å². The van der Waals surface area contributed by atoms with Crippen LogP contribution in [0.1, 0.15) is 30.6 Å². The van der Waals surface area contributed by atoms with Crippen molar-refractivity contribution < 1.29 is 14.3 Å². The van der Waals surface area contributed by atoms with Crippen molar-refractivity contribution in [1.82, 2.24) is 15.6 Å². The van der Waals surface area contributed by atoms with Gasteiger partial charge in [0.05, 0.1) is 6.61 Å². The molecule has 2 aromatic carbocycles. The minimum absolute atomic E-state index is 0.0609. The molecule has 1 aromatic heterocycles. The fourth-order valence-corrected chi connectivity index (χ4v) is 3.26. The van der Waals surface area contributed by atoms with Gasteiger partial charge in [0.1, 0.15) is 17.3 Å². The van der Waals surface area contributed by atoms with Crippen LogP contribution in [0.5, 0.6) is 5.75 Å². The Kier molecular flexibility index (Phi) is 7.84. The van der Waals surface area contributed by atoms with Gasteiger partial charge < -0.3 is 15.4 Å². The maximum atomic E-state index is 12.6. The molecular weight excluding hydrogens is 414 g/mol. The summed E-state index contributed by atoms with van der Waals surface area (Å²) in [4.78, 5) is 29.4. The number of para-hydroxylation sites is 1. The standard InChI is InChI=1S/C24H26ClN3O3/c1-16(2)21(28-23(29)18-9-11-19(25)12-10-18)24(30)27-14-5-15-31-20-8-3-6-17-7-4-13-26-22(17)20/h3-4,6-13,16,21H,5,14-15H2,1-2H3,(H,27,30)(H,28,29). The lowest BCUT2D eigenvalue weighted by atomic mass is 10.0. The molecule has 1 atom stereocenters. The van der Waals surface area contributed by atoms with E-state index < -0.39 is 6.04 Å². The summed E-state index contributed by atoms with van der Waals surface area (Å²) in [5.74, 6) is 0.135. The molecule has 31 heavy (non-hydrogen) atoms. The van der Waals surface area contributed by atoms with Crippen LogP contribution >= 0.6 is 11.6 Å². The van der Waals surface area contributed by atoms with Crippen molar-refractivity contribution in [2.75, 3.05) is 13.2 Å². The lowest BCUT2D eigenvalue weighted by Crippen LogP contribution is -2.50. The van der Waals surface area contributed by atoms with Crippen LogP contribution in [0.3, 0.4) is 0 Å². The lowest BCUT2D eigenvalue weighted by molar-refractivity contribution is -0.123. The second kappa shape index (κ2) is 10.8. The van der Waals surface area contributed by atoms with E-state index in [2.05, 4.69) is 15.6 Å². The maximum absolute atomic E-state index is 12.6. The van der Waals surface area contributed by atoms with E-state index in [0.29, 0.717) is 30.2 Å². The number of fused-ring (bicyclic) bond motifs is 1. The zero-order valence-corrected chi connectivity index (χ0v) is 18.4. The van der Waals surface area contributed by atoms with E-state index in [1.807, 2.05) is 44.2 Å². The van der Waals surface area contributed by atoms with Crippen LogP contribution in [-0.4, -0.2) is 36.0 Å². The highest BCUT2D eigenvalue weighted by Crippen LogP contribution is 2.22. The first-order chi connectivity index (χ1) is 15.0. The van der Waals surface area contributed by atoms with Crippen molar-refractivity contribution >= 4 is 34.3 Å². The van der Waals surface area contributed by atoms with Crippen molar-refractivity contribution in [2.24, 2.45) is 5.92 Å². The first-order valence-corrected chi connectivity index (χ1v) is 10.6. The molecule has 0 bridgehead atoms. The number of hydrogen-bond acceptors (Lipinski definition) is 4. The Bertz CT molecular complexity index is 1030. The molecule has 0 saturated heterocycles. The van der Waals surface area contributed by atoms with Gasteiger partial charge in [0.25, 0.3) is 5.91 Å². The van der Waals surface area contributed by atoms with E-state index in [9.17, 15) is 9.59 Å². The Balaban J connectivity index is 1.47. The van der Waals surface area contributed by atoms with Gasteiger partial charge >= 0.3 is 0 Å². The Hall–Kier alpha value is -3.12. The number of halogens is 1. The molecule has 0 fully saturated rings. The average Bonchev–Trinajstić information content (AvgIpc) is 2.77. The summed E-state index contributed by atoms with van der Waals surface area (Å²) in [6.45, 7) is 4.67. The van der Waals surface area contributed by atoms with E-state index in [4.69, 9.17) is 16.3 Å². The molecule has 0 radical (unpaired) electrons. The summed E-state index contributed by atoms with van der Waals surface area (Å²) in [6, 6.07) is 15.6. The lowest BCUT2D eigenvalue weighted by Gasteiger charge is -2.22. The molecule has 162 valence electrons. The number of carbonyl (C=O) groups is 2. The second-order valence-electron chi connectivity index (χ2n) is 7.53. The molecule has 0 aliphatic heterocycles. The Morgan fingerprint density at radius 1 is 1.06 bits per heavy atom. The average molecular weight is 440 g/mol. The Labute approximate surface area is 187 Å². The van der Waals surface area contributed by atoms with Gasteiger partial charge in [-0.25, -0.2) is 0 Å². The molecule has 0 aliphatic carbocycles. The van der Waals surface area contributed by atoms with Crippen LogP contribution in [0, 0.1) is 5.92 Å². The summed E-state index contributed by atoms with van der Waals surface area (Å²) >= 11 is 5.86. The van der Waals surface area contributed by atoms with Crippen LogP contribution < -0.4 is 15.4 Å². The monoisotopic (exact) mass is 439 g/mol. The number of pyridine rings is 1. The van der Waals surface area contributed by atoms with Crippen LogP contribution in [0.4, 0.5) is 0 Å². The third-order valence-electron chi connectivity index (χ3n) is 4.82. The van der Waals surface area contributed by atoms with Gasteiger partial charge in [0, 0.05) is 28.7 Å². The molecule has 2 amide bonds. The highest BCUT2D eigenvalue weighted by atomic mass is 35.5. The predicted molar refractivity (Wildman–Crippen MR) is 122 cm³/mol. The molecule has 1 heterocycles. The number of carbonyl (C=O) groups excluding carboxylic acids is 2. The summed E-state index contributed by atoms with van der Waals surface area (Å²) in [5.41, 5.74) is 1.28. The minimum atomic E-state index is -0.633. The molecule has 7 heteroatoms. The summed E-state index contributed by atoms with van der Waals surface area (Å²) in [7, 11) is 0. The maximum Gasteiger partial charge on any atom is 0.251 e. The van der Waals surface area contributed by atoms with E-state index in [-0.39, 0.29) is 17.7 Å². The van der Waals surface area contributed by atoms with Crippen molar-refractivity contribution in [3.8, 4) is 5.75 Å². The minimum Gasteiger partial charge on any atom is -0.491 e. The highest BCUT2D eigenvalue weighted by Gasteiger charge is 2.24. The van der Waals surface area contributed by atoms with Crippen molar-refractivity contribution in [3.05, 3.63) is 71.4 Å². The third kappa shape index (κ3) is 6.18. The summed E-state index contributed by atoms with van der Waals surface area (Å²) < 4.78 is 5.85. The van der Waals surface area contributed by atoms with Crippen LogP contribution in [0.25, 0.3) is 10.9 Å². The van der Waals surface area contributed by atoms with Crippen molar-refractivity contribution in [2.45, 2.75) is 26.3 Å². The zero-order chi connectivity index (χ0) is 22.2. The Morgan fingerprint density at radius 3 is 2.55 bits per heavy atom. The fraction of sp³-hybridized carbons (Fsp3) is 0.292. The zero-order valence-electron chi connectivity index (χ0n) is 17.6. The fourth-order valence-electron chi connectivity index (χ4n) is 3.13. The summed E-state index contributed by atoms with van der Waals surface area (Å²) in [5, 5.41) is 7.26. The van der Waals surface area contributed by atoms with Crippen LogP contribution in [-0.2, 0) is 4.79 Å². The Morgan fingerprint density at radius 2 is 1.81 bits per heavy atom. The molecule has 6 nitrogen and oxygen atoms in total. The molecular formula is C24H26ClN3O3. The third-order valence-corrected chi connectivity index (χ3v) is 5.07. The smallest absolute Gasteiger partial charge is 0.251 e. The number of aromatic nitrogens is 1. The van der Waals surface area contributed by atoms with Gasteiger partial charge in [-0.2, -0.15) is 0 Å². The SMILES string of the molecule is CC(C)C(NC(=O)c1ccc(Cl)cc1)C(=O)NCCCOc1cccc2cccnc12. The van der Waals surface area contributed by atoms with Gasteiger partial charge in [0.2, 0.25) is 5.91 Å². The first kappa shape index (κ1) is 22.6. The number of ether oxygens (including phenoxy) is 1. The number of hydrogen-bond donors (Lipinski definition) is 2. The number of rotatable bonds is 9. The molecule has 0 aliphatic rings. The van der Waals surface area contributed by atoms with Gasteiger partial charge in [-0.1, -0.05) is 43.6 Å². The van der Waals surface area contributed by atoms with Crippen LogP contribution in [0.15, 0.2) is 60.8 Å².